The van der Waals surface area contributed by atoms with Crippen LogP contribution in [0.25, 0.3) is 11.0 Å². The molecule has 4 aromatic rings. The van der Waals surface area contributed by atoms with Gasteiger partial charge in [-0.3, -0.25) is 9.59 Å². The van der Waals surface area contributed by atoms with Gasteiger partial charge in [0, 0.05) is 32.7 Å². The van der Waals surface area contributed by atoms with E-state index < -0.39 is 0 Å². The van der Waals surface area contributed by atoms with Gasteiger partial charge < -0.3 is 9.73 Å². The molecule has 1 heterocycles. The number of aryl methyl sites for hydroxylation is 1. The van der Waals surface area contributed by atoms with Crippen molar-refractivity contribution in [2.45, 2.75) is 6.92 Å². The molecule has 0 aliphatic heterocycles. The second kappa shape index (κ2) is 7.44. The fourth-order valence-corrected chi connectivity index (χ4v) is 3.55. The number of hydrogen-bond donors (Lipinski definition) is 1. The first-order valence-electron chi connectivity index (χ1n) is 8.73. The monoisotopic (exact) mass is 433 g/mol. The number of amides is 1. The third-order valence-electron chi connectivity index (χ3n) is 4.56. The summed E-state index contributed by atoms with van der Waals surface area (Å²) in [6.45, 7) is 1.86. The lowest BCUT2D eigenvalue weighted by Crippen LogP contribution is -2.12. The van der Waals surface area contributed by atoms with Crippen molar-refractivity contribution >= 4 is 44.3 Å². The molecule has 0 bridgehead atoms. The summed E-state index contributed by atoms with van der Waals surface area (Å²) in [6, 6.07) is 21.6. The summed E-state index contributed by atoms with van der Waals surface area (Å²) in [7, 11) is 0. The van der Waals surface area contributed by atoms with Gasteiger partial charge in [-0.25, -0.2) is 0 Å². The van der Waals surface area contributed by atoms with Crippen LogP contribution in [0, 0.1) is 6.92 Å². The predicted molar refractivity (Wildman–Crippen MR) is 113 cm³/mol. The van der Waals surface area contributed by atoms with Crippen LogP contribution in [0.4, 0.5) is 5.69 Å². The van der Waals surface area contributed by atoms with Crippen LogP contribution >= 0.6 is 15.9 Å². The number of ketones is 1. The Hall–Kier alpha value is -3.18. The highest BCUT2D eigenvalue weighted by atomic mass is 79.9. The third-order valence-corrected chi connectivity index (χ3v) is 5.25. The van der Waals surface area contributed by atoms with Crippen molar-refractivity contribution < 1.29 is 14.0 Å². The third kappa shape index (κ3) is 3.37. The zero-order valence-electron chi connectivity index (χ0n) is 15.0. The van der Waals surface area contributed by atoms with E-state index in [1.54, 1.807) is 36.4 Å². The molecule has 1 amide bonds. The van der Waals surface area contributed by atoms with Crippen molar-refractivity contribution in [3.63, 3.8) is 0 Å². The number of carbonyl (C=O) groups excluding carboxylic acids is 2. The number of rotatable bonds is 4. The van der Waals surface area contributed by atoms with E-state index in [9.17, 15) is 9.59 Å². The van der Waals surface area contributed by atoms with Crippen molar-refractivity contribution in [2.24, 2.45) is 0 Å². The van der Waals surface area contributed by atoms with Gasteiger partial charge in [0.1, 0.15) is 5.58 Å². The Morgan fingerprint density at radius 3 is 2.39 bits per heavy atom. The number of halogens is 1. The predicted octanol–water partition coefficient (Wildman–Crippen LogP) is 5.99. The van der Waals surface area contributed by atoms with Crippen LogP contribution in [0.2, 0.25) is 0 Å². The molecule has 138 valence electrons. The second-order valence-corrected chi connectivity index (χ2v) is 7.25. The molecule has 0 radical (unpaired) electrons. The molecule has 0 unspecified atom stereocenters. The molecular weight excluding hydrogens is 418 g/mol. The van der Waals surface area contributed by atoms with Gasteiger partial charge in [0.05, 0.1) is 5.56 Å². The SMILES string of the molecule is Cc1c(C(=O)c2ccccc2)oc2cc(NC(=O)c3ccccc3Br)ccc12. The molecule has 5 heteroatoms. The quantitative estimate of drug-likeness (QED) is 0.402. The molecule has 3 aromatic carbocycles. The number of anilines is 1. The van der Waals surface area contributed by atoms with Crippen molar-refractivity contribution in [3.8, 4) is 0 Å². The summed E-state index contributed by atoms with van der Waals surface area (Å²) >= 11 is 3.38. The molecule has 0 atom stereocenters. The summed E-state index contributed by atoms with van der Waals surface area (Å²) in [6.07, 6.45) is 0. The zero-order valence-corrected chi connectivity index (χ0v) is 16.6. The molecule has 1 N–H and O–H groups in total. The van der Waals surface area contributed by atoms with E-state index in [1.807, 2.05) is 43.3 Å². The van der Waals surface area contributed by atoms with Crippen LogP contribution in [-0.2, 0) is 0 Å². The topological polar surface area (TPSA) is 59.3 Å². The van der Waals surface area contributed by atoms with Gasteiger partial charge in [0.2, 0.25) is 5.78 Å². The summed E-state index contributed by atoms with van der Waals surface area (Å²) in [5, 5.41) is 3.71. The lowest BCUT2D eigenvalue weighted by atomic mass is 10.0. The first-order chi connectivity index (χ1) is 13.5. The molecule has 0 saturated carbocycles. The molecule has 0 spiro atoms. The Balaban J connectivity index is 1.66. The number of benzene rings is 3. The van der Waals surface area contributed by atoms with Gasteiger partial charge in [-0.2, -0.15) is 0 Å². The molecule has 1 aromatic heterocycles. The molecule has 0 fully saturated rings. The second-order valence-electron chi connectivity index (χ2n) is 6.40. The smallest absolute Gasteiger partial charge is 0.256 e. The zero-order chi connectivity index (χ0) is 19.7. The Kier molecular flexibility index (Phi) is 4.84. The van der Waals surface area contributed by atoms with Crippen LogP contribution in [0.3, 0.4) is 0 Å². The Labute approximate surface area is 170 Å². The van der Waals surface area contributed by atoms with Gasteiger partial charge in [0.15, 0.2) is 5.76 Å². The van der Waals surface area contributed by atoms with Crippen molar-refractivity contribution in [1.82, 2.24) is 0 Å². The molecule has 0 saturated heterocycles. The average molecular weight is 434 g/mol. The highest BCUT2D eigenvalue weighted by Gasteiger charge is 2.19. The molecule has 0 aliphatic carbocycles. The standard InChI is InChI=1S/C23H16BrNO3/c1-14-17-12-11-16(25-23(27)18-9-5-6-10-19(18)24)13-20(17)28-22(14)21(26)15-7-3-2-4-8-15/h2-13H,1H3,(H,25,27). The fourth-order valence-electron chi connectivity index (χ4n) is 3.08. The van der Waals surface area contributed by atoms with Crippen LogP contribution in [0.5, 0.6) is 0 Å². The normalized spacial score (nSPS) is 10.8. The van der Waals surface area contributed by atoms with E-state index in [2.05, 4.69) is 21.2 Å². The lowest BCUT2D eigenvalue weighted by molar-refractivity contribution is 0.101. The van der Waals surface area contributed by atoms with Gasteiger partial charge in [-0.1, -0.05) is 42.5 Å². The largest absolute Gasteiger partial charge is 0.452 e. The van der Waals surface area contributed by atoms with Gasteiger partial charge >= 0.3 is 0 Å². The van der Waals surface area contributed by atoms with E-state index in [4.69, 9.17) is 4.42 Å². The first kappa shape index (κ1) is 18.2. The Morgan fingerprint density at radius 1 is 0.929 bits per heavy atom. The maximum absolute atomic E-state index is 12.8. The molecule has 4 rings (SSSR count). The lowest BCUT2D eigenvalue weighted by Gasteiger charge is -2.06. The van der Waals surface area contributed by atoms with Crippen LogP contribution < -0.4 is 5.32 Å². The minimum absolute atomic E-state index is 0.159. The van der Waals surface area contributed by atoms with Gasteiger partial charge in [-0.05, 0) is 47.1 Å². The molecular formula is C23H16BrNO3. The average Bonchev–Trinajstić information content (AvgIpc) is 3.04. The molecule has 0 aliphatic rings. The van der Waals surface area contributed by atoms with E-state index in [1.165, 1.54) is 0 Å². The number of fused-ring (bicyclic) bond motifs is 1. The molecule has 4 nitrogen and oxygen atoms in total. The number of furan rings is 1. The van der Waals surface area contributed by atoms with E-state index in [0.717, 1.165) is 15.4 Å². The number of nitrogens with one attached hydrogen (secondary N) is 1. The molecule has 28 heavy (non-hydrogen) atoms. The minimum atomic E-state index is -0.226. The van der Waals surface area contributed by atoms with Crippen molar-refractivity contribution in [1.29, 1.82) is 0 Å². The first-order valence-corrected chi connectivity index (χ1v) is 9.52. The van der Waals surface area contributed by atoms with Gasteiger partial charge in [0.25, 0.3) is 5.91 Å². The van der Waals surface area contributed by atoms with Crippen molar-refractivity contribution in [2.75, 3.05) is 5.32 Å². The van der Waals surface area contributed by atoms with E-state index in [-0.39, 0.29) is 11.7 Å². The van der Waals surface area contributed by atoms with E-state index >= 15 is 0 Å². The minimum Gasteiger partial charge on any atom is -0.452 e. The summed E-state index contributed by atoms with van der Waals surface area (Å²) < 4.78 is 6.58. The highest BCUT2D eigenvalue weighted by Crippen LogP contribution is 2.29. The van der Waals surface area contributed by atoms with Crippen LogP contribution in [0.1, 0.15) is 32.0 Å². The van der Waals surface area contributed by atoms with Crippen molar-refractivity contribution in [3.05, 3.63) is 99.7 Å². The number of carbonyl (C=O) groups is 2. The fraction of sp³-hybridized carbons (Fsp3) is 0.0435. The highest BCUT2D eigenvalue weighted by molar-refractivity contribution is 9.10. The summed E-state index contributed by atoms with van der Waals surface area (Å²) in [4.78, 5) is 25.3. The van der Waals surface area contributed by atoms with Gasteiger partial charge in [-0.15, -0.1) is 0 Å². The van der Waals surface area contributed by atoms with Crippen LogP contribution in [0.15, 0.2) is 81.7 Å². The number of hydrogen-bond acceptors (Lipinski definition) is 3. The van der Waals surface area contributed by atoms with Crippen LogP contribution in [-0.4, -0.2) is 11.7 Å². The Morgan fingerprint density at radius 2 is 1.64 bits per heavy atom. The summed E-state index contributed by atoms with van der Waals surface area (Å²) in [5.74, 6) is -0.0701. The maximum atomic E-state index is 12.8. The summed E-state index contributed by atoms with van der Waals surface area (Å²) in [5.41, 5.74) is 3.06. The van der Waals surface area contributed by atoms with E-state index in [0.29, 0.717) is 28.2 Å². The Bertz CT molecular complexity index is 1200. The maximum Gasteiger partial charge on any atom is 0.256 e.